The Morgan fingerprint density at radius 1 is 1.53 bits per heavy atom. The molecule has 10 heteroatoms. The fourth-order valence-electron chi connectivity index (χ4n) is 1.01. The molecule has 94 valence electrons. The summed E-state index contributed by atoms with van der Waals surface area (Å²) in [6.07, 6.45) is -5.11. The van der Waals surface area contributed by atoms with Crippen molar-refractivity contribution < 1.29 is 32.3 Å². The Labute approximate surface area is 90.6 Å². The van der Waals surface area contributed by atoms with Gasteiger partial charge in [0.05, 0.1) is 11.5 Å². The van der Waals surface area contributed by atoms with E-state index in [0.717, 1.165) is 0 Å². The lowest BCUT2D eigenvalue weighted by Crippen LogP contribution is -2.18. The number of nitrogens with zero attached hydrogens (tertiary/aromatic N) is 2. The van der Waals surface area contributed by atoms with Crippen molar-refractivity contribution in [3.8, 4) is 5.88 Å². The summed E-state index contributed by atoms with van der Waals surface area (Å²) in [6, 6.07) is 0.116. The zero-order valence-electron chi connectivity index (χ0n) is 7.86. The molecular weight excluding hydrogens is 252 g/mol. The predicted molar refractivity (Wildman–Crippen MR) is 43.5 cm³/mol. The number of ether oxygens (including phenoxy) is 1. The molecule has 0 unspecified atom stereocenters. The van der Waals surface area contributed by atoms with Crippen LogP contribution in [0, 0.1) is 15.9 Å². The summed E-state index contributed by atoms with van der Waals surface area (Å²) in [6.45, 7) is -1.09. The number of nitro groups is 1. The summed E-state index contributed by atoms with van der Waals surface area (Å²) in [4.78, 5) is 12.1. The maximum Gasteiger partial charge on any atom is 0.574 e. The van der Waals surface area contributed by atoms with Crippen LogP contribution in [-0.4, -0.2) is 21.4 Å². The van der Waals surface area contributed by atoms with Gasteiger partial charge in [0, 0.05) is 6.07 Å². The van der Waals surface area contributed by atoms with Gasteiger partial charge in [0.1, 0.15) is 0 Å². The van der Waals surface area contributed by atoms with Crippen LogP contribution in [0.25, 0.3) is 0 Å². The van der Waals surface area contributed by atoms with Crippen molar-refractivity contribution in [3.63, 3.8) is 0 Å². The molecule has 0 radical (unpaired) electrons. The number of halogens is 4. The molecule has 0 saturated heterocycles. The highest BCUT2D eigenvalue weighted by molar-refractivity contribution is 5.39. The fourth-order valence-corrected chi connectivity index (χ4v) is 1.01. The summed E-state index contributed by atoms with van der Waals surface area (Å²) >= 11 is 0. The molecule has 1 aromatic heterocycles. The molecule has 0 aliphatic rings. The Hall–Kier alpha value is -1.97. The Balaban J connectivity index is 3.23. The van der Waals surface area contributed by atoms with Gasteiger partial charge in [-0.25, -0.2) is 4.98 Å². The van der Waals surface area contributed by atoms with Crippen molar-refractivity contribution in [1.82, 2.24) is 4.98 Å². The van der Waals surface area contributed by atoms with Crippen LogP contribution in [0.4, 0.5) is 23.2 Å². The second-order valence-corrected chi connectivity index (χ2v) is 2.70. The molecule has 0 aliphatic carbocycles. The largest absolute Gasteiger partial charge is 0.574 e. The number of aliphatic hydroxyl groups is 1. The van der Waals surface area contributed by atoms with Gasteiger partial charge in [0.15, 0.2) is 5.69 Å². The summed E-state index contributed by atoms with van der Waals surface area (Å²) in [5.41, 5.74) is -2.05. The van der Waals surface area contributed by atoms with Crippen LogP contribution in [0.1, 0.15) is 5.69 Å². The van der Waals surface area contributed by atoms with Crippen molar-refractivity contribution in [2.45, 2.75) is 13.0 Å². The molecule has 17 heavy (non-hydrogen) atoms. The van der Waals surface area contributed by atoms with Gasteiger partial charge in [-0.15, -0.1) is 13.2 Å². The minimum Gasteiger partial charge on any atom is -0.390 e. The molecule has 0 saturated carbocycles. The highest BCUT2D eigenvalue weighted by atomic mass is 19.4. The van der Waals surface area contributed by atoms with Crippen LogP contribution in [0.5, 0.6) is 5.88 Å². The third-order valence-electron chi connectivity index (χ3n) is 1.55. The van der Waals surface area contributed by atoms with E-state index in [0.29, 0.717) is 0 Å². The van der Waals surface area contributed by atoms with Gasteiger partial charge in [-0.1, -0.05) is 0 Å². The SMILES string of the molecule is O=[N+]([O-])c1c(F)cc(OC(F)(F)F)nc1CO. The first-order chi connectivity index (χ1) is 7.74. The summed E-state index contributed by atoms with van der Waals surface area (Å²) in [5, 5.41) is 19.0. The lowest BCUT2D eigenvalue weighted by atomic mass is 10.3. The van der Waals surface area contributed by atoms with Crippen LogP contribution in [0.15, 0.2) is 6.07 Å². The maximum absolute atomic E-state index is 13.1. The van der Waals surface area contributed by atoms with E-state index in [9.17, 15) is 27.7 Å². The molecule has 0 atom stereocenters. The quantitative estimate of drug-likeness (QED) is 0.503. The molecular formula is C7H4F4N2O4. The molecule has 0 fully saturated rings. The number of aromatic nitrogens is 1. The Morgan fingerprint density at radius 3 is 2.53 bits per heavy atom. The number of alkyl halides is 3. The van der Waals surface area contributed by atoms with E-state index in [-0.39, 0.29) is 6.07 Å². The lowest BCUT2D eigenvalue weighted by Gasteiger charge is -2.09. The smallest absolute Gasteiger partial charge is 0.390 e. The summed E-state index contributed by atoms with van der Waals surface area (Å²) in [7, 11) is 0. The van der Waals surface area contributed by atoms with Gasteiger partial charge in [-0.2, -0.15) is 4.39 Å². The van der Waals surface area contributed by atoms with Gasteiger partial charge in [-0.3, -0.25) is 10.1 Å². The summed E-state index contributed by atoms with van der Waals surface area (Å²) in [5.74, 6) is -2.79. The number of rotatable bonds is 3. The van der Waals surface area contributed by atoms with E-state index in [1.807, 2.05) is 0 Å². The first-order valence-corrected chi connectivity index (χ1v) is 3.95. The Kier molecular flexibility index (Phi) is 3.46. The van der Waals surface area contributed by atoms with E-state index in [2.05, 4.69) is 9.72 Å². The molecule has 0 aromatic carbocycles. The average molecular weight is 256 g/mol. The number of pyridine rings is 1. The van der Waals surface area contributed by atoms with E-state index < -0.39 is 41.0 Å². The first-order valence-electron chi connectivity index (χ1n) is 3.95. The molecule has 0 amide bonds. The Morgan fingerprint density at radius 2 is 2.12 bits per heavy atom. The normalized spacial score (nSPS) is 11.4. The zero-order valence-corrected chi connectivity index (χ0v) is 7.86. The lowest BCUT2D eigenvalue weighted by molar-refractivity contribution is -0.389. The van der Waals surface area contributed by atoms with Crippen molar-refractivity contribution in [2.24, 2.45) is 0 Å². The molecule has 1 rings (SSSR count). The van der Waals surface area contributed by atoms with Crippen LogP contribution in [0.3, 0.4) is 0 Å². The monoisotopic (exact) mass is 256 g/mol. The minimum absolute atomic E-state index is 0.116. The number of hydrogen-bond acceptors (Lipinski definition) is 5. The van der Waals surface area contributed by atoms with Crippen molar-refractivity contribution in [1.29, 1.82) is 0 Å². The maximum atomic E-state index is 13.1. The number of hydrogen-bond donors (Lipinski definition) is 1. The van der Waals surface area contributed by atoms with Crippen molar-refractivity contribution in [3.05, 3.63) is 27.7 Å². The highest BCUT2D eigenvalue weighted by Crippen LogP contribution is 2.28. The third kappa shape index (κ3) is 3.24. The van der Waals surface area contributed by atoms with Gasteiger partial charge in [-0.05, 0) is 0 Å². The molecule has 0 spiro atoms. The molecule has 1 aromatic rings. The highest BCUT2D eigenvalue weighted by Gasteiger charge is 2.33. The van der Waals surface area contributed by atoms with Gasteiger partial charge in [0.2, 0.25) is 11.7 Å². The standard InChI is InChI=1S/C7H4F4N2O4/c8-3-1-5(17-7(9,10)11)12-4(2-14)6(3)13(15)16/h1,14H,2H2. The number of aliphatic hydroxyl groups excluding tert-OH is 1. The second kappa shape index (κ2) is 4.49. The van der Waals surface area contributed by atoms with Crippen molar-refractivity contribution in [2.75, 3.05) is 0 Å². The molecule has 6 nitrogen and oxygen atoms in total. The first kappa shape index (κ1) is 13.1. The molecule has 1 heterocycles. The van der Waals surface area contributed by atoms with Crippen LogP contribution < -0.4 is 4.74 Å². The predicted octanol–water partition coefficient (Wildman–Crippen LogP) is 1.52. The molecule has 0 aliphatic heterocycles. The van der Waals surface area contributed by atoms with Crippen LogP contribution in [-0.2, 0) is 6.61 Å². The Bertz CT molecular complexity index is 448. The van der Waals surface area contributed by atoms with Crippen molar-refractivity contribution >= 4 is 5.69 Å². The van der Waals surface area contributed by atoms with E-state index in [1.54, 1.807) is 0 Å². The zero-order chi connectivity index (χ0) is 13.2. The summed E-state index contributed by atoms with van der Waals surface area (Å²) < 4.78 is 51.7. The molecule has 0 bridgehead atoms. The van der Waals surface area contributed by atoms with E-state index >= 15 is 0 Å². The molecule has 1 N–H and O–H groups in total. The topological polar surface area (TPSA) is 85.5 Å². The van der Waals surface area contributed by atoms with Crippen LogP contribution in [0.2, 0.25) is 0 Å². The van der Waals surface area contributed by atoms with E-state index in [1.165, 1.54) is 0 Å². The van der Waals surface area contributed by atoms with Gasteiger partial charge in [0.25, 0.3) is 0 Å². The minimum atomic E-state index is -5.11. The third-order valence-corrected chi connectivity index (χ3v) is 1.55. The van der Waals surface area contributed by atoms with Gasteiger partial charge >= 0.3 is 12.0 Å². The van der Waals surface area contributed by atoms with Crippen LogP contribution >= 0.6 is 0 Å². The van der Waals surface area contributed by atoms with Gasteiger partial charge < -0.3 is 9.84 Å². The fraction of sp³-hybridized carbons (Fsp3) is 0.286. The average Bonchev–Trinajstić information content (AvgIpc) is 2.12. The second-order valence-electron chi connectivity index (χ2n) is 2.70. The van der Waals surface area contributed by atoms with E-state index in [4.69, 9.17) is 5.11 Å².